The molecule has 0 aliphatic rings. The number of halogens is 2. The Hall–Kier alpha value is -1.99. The summed E-state index contributed by atoms with van der Waals surface area (Å²) in [7, 11) is 1.50. The third-order valence-electron chi connectivity index (χ3n) is 3.39. The quantitative estimate of drug-likeness (QED) is 0.655. The van der Waals surface area contributed by atoms with Crippen molar-refractivity contribution in [1.82, 2.24) is 15.2 Å². The first-order valence-corrected chi connectivity index (χ1v) is 6.54. The molecule has 5 nitrogen and oxygen atoms in total. The van der Waals surface area contributed by atoms with Crippen LogP contribution in [0.25, 0.3) is 0 Å². The first kappa shape index (κ1) is 15.4. The SMILES string of the molecule is CCn1ncc(OC)c1C(NN)c1cc(C)c(F)cc1F. The van der Waals surface area contributed by atoms with Crippen molar-refractivity contribution in [3.05, 3.63) is 46.8 Å². The molecule has 0 bridgehead atoms. The monoisotopic (exact) mass is 296 g/mol. The maximum atomic E-state index is 14.1. The Labute approximate surface area is 121 Å². The maximum absolute atomic E-state index is 14.1. The third kappa shape index (κ3) is 2.74. The van der Waals surface area contributed by atoms with Gasteiger partial charge in [0.25, 0.3) is 0 Å². The Morgan fingerprint density at radius 1 is 1.38 bits per heavy atom. The highest BCUT2D eigenvalue weighted by molar-refractivity contribution is 5.38. The van der Waals surface area contributed by atoms with Crippen molar-refractivity contribution in [3.8, 4) is 5.75 Å². The first-order valence-electron chi connectivity index (χ1n) is 6.54. The van der Waals surface area contributed by atoms with E-state index in [1.54, 1.807) is 11.6 Å². The van der Waals surface area contributed by atoms with Crippen LogP contribution in [0.4, 0.5) is 8.78 Å². The molecule has 3 N–H and O–H groups in total. The van der Waals surface area contributed by atoms with Crippen molar-refractivity contribution < 1.29 is 13.5 Å². The number of aromatic nitrogens is 2. The molecule has 1 atom stereocenters. The molecule has 2 aromatic rings. The Morgan fingerprint density at radius 3 is 2.67 bits per heavy atom. The Bertz CT molecular complexity index is 621. The zero-order chi connectivity index (χ0) is 15.6. The van der Waals surface area contributed by atoms with Crippen LogP contribution in [0.2, 0.25) is 0 Å². The molecule has 1 unspecified atom stereocenters. The zero-order valence-electron chi connectivity index (χ0n) is 12.2. The lowest BCUT2D eigenvalue weighted by Crippen LogP contribution is -2.31. The van der Waals surface area contributed by atoms with E-state index < -0.39 is 17.7 Å². The van der Waals surface area contributed by atoms with Crippen molar-refractivity contribution in [2.75, 3.05) is 7.11 Å². The molecule has 0 fully saturated rings. The lowest BCUT2D eigenvalue weighted by Gasteiger charge is -2.20. The first-order chi connectivity index (χ1) is 10.0. The van der Waals surface area contributed by atoms with Crippen LogP contribution in [0, 0.1) is 18.6 Å². The molecular formula is C14H18F2N4O. The van der Waals surface area contributed by atoms with E-state index in [1.807, 2.05) is 6.92 Å². The number of ether oxygens (including phenoxy) is 1. The Morgan fingerprint density at radius 2 is 2.10 bits per heavy atom. The number of hydrogen-bond acceptors (Lipinski definition) is 4. The fourth-order valence-corrected chi connectivity index (χ4v) is 2.30. The summed E-state index contributed by atoms with van der Waals surface area (Å²) < 4.78 is 34.5. The fraction of sp³-hybridized carbons (Fsp3) is 0.357. The molecule has 114 valence electrons. The van der Waals surface area contributed by atoms with Crippen molar-refractivity contribution in [3.63, 3.8) is 0 Å². The van der Waals surface area contributed by atoms with Gasteiger partial charge in [0.05, 0.1) is 19.3 Å². The van der Waals surface area contributed by atoms with E-state index in [9.17, 15) is 8.78 Å². The van der Waals surface area contributed by atoms with Gasteiger partial charge in [0, 0.05) is 18.2 Å². The number of rotatable bonds is 5. The van der Waals surface area contributed by atoms with E-state index in [0.717, 1.165) is 6.07 Å². The molecule has 0 aliphatic carbocycles. The van der Waals surface area contributed by atoms with Gasteiger partial charge in [-0.2, -0.15) is 5.10 Å². The van der Waals surface area contributed by atoms with Crippen LogP contribution in [0.3, 0.4) is 0 Å². The van der Waals surface area contributed by atoms with Crippen LogP contribution in [0.1, 0.15) is 29.8 Å². The summed E-state index contributed by atoms with van der Waals surface area (Å²) in [5.41, 5.74) is 3.73. The summed E-state index contributed by atoms with van der Waals surface area (Å²) >= 11 is 0. The van der Waals surface area contributed by atoms with Gasteiger partial charge in [-0.05, 0) is 25.5 Å². The number of methoxy groups -OCH3 is 1. The van der Waals surface area contributed by atoms with E-state index >= 15 is 0 Å². The summed E-state index contributed by atoms with van der Waals surface area (Å²) in [5, 5.41) is 4.17. The predicted octanol–water partition coefficient (Wildman–Crippen LogP) is 2.05. The van der Waals surface area contributed by atoms with Gasteiger partial charge in [-0.1, -0.05) is 0 Å². The Balaban J connectivity index is 2.60. The molecule has 0 saturated heterocycles. The van der Waals surface area contributed by atoms with Gasteiger partial charge >= 0.3 is 0 Å². The molecule has 21 heavy (non-hydrogen) atoms. The van der Waals surface area contributed by atoms with E-state index in [4.69, 9.17) is 10.6 Å². The summed E-state index contributed by atoms with van der Waals surface area (Å²) in [5.74, 6) is 4.81. The highest BCUT2D eigenvalue weighted by atomic mass is 19.1. The number of nitrogens with one attached hydrogen (secondary N) is 1. The average molecular weight is 296 g/mol. The molecule has 1 heterocycles. The molecule has 2 rings (SSSR count). The molecule has 0 amide bonds. The molecule has 0 aliphatic heterocycles. The lowest BCUT2D eigenvalue weighted by molar-refractivity contribution is 0.397. The van der Waals surface area contributed by atoms with Crippen LogP contribution in [-0.2, 0) is 6.54 Å². The second kappa shape index (κ2) is 6.19. The van der Waals surface area contributed by atoms with E-state index in [1.165, 1.54) is 19.4 Å². The van der Waals surface area contributed by atoms with Gasteiger partial charge in [-0.15, -0.1) is 0 Å². The van der Waals surface area contributed by atoms with Crippen LogP contribution < -0.4 is 16.0 Å². The van der Waals surface area contributed by atoms with E-state index in [-0.39, 0.29) is 5.56 Å². The zero-order valence-corrected chi connectivity index (χ0v) is 12.2. The van der Waals surface area contributed by atoms with Gasteiger partial charge in [0.2, 0.25) is 0 Å². The van der Waals surface area contributed by atoms with Crippen molar-refractivity contribution in [2.24, 2.45) is 5.84 Å². The van der Waals surface area contributed by atoms with Gasteiger partial charge in [0.1, 0.15) is 17.3 Å². The normalized spacial score (nSPS) is 12.5. The molecule has 1 aromatic carbocycles. The predicted molar refractivity (Wildman–Crippen MR) is 74.7 cm³/mol. The van der Waals surface area contributed by atoms with Crippen LogP contribution in [-0.4, -0.2) is 16.9 Å². The highest BCUT2D eigenvalue weighted by Gasteiger charge is 2.25. The van der Waals surface area contributed by atoms with Gasteiger partial charge in [-0.25, -0.2) is 14.2 Å². The minimum Gasteiger partial charge on any atom is -0.493 e. The fourth-order valence-electron chi connectivity index (χ4n) is 2.30. The van der Waals surface area contributed by atoms with Crippen LogP contribution >= 0.6 is 0 Å². The number of hydrazine groups is 1. The largest absolute Gasteiger partial charge is 0.493 e. The maximum Gasteiger partial charge on any atom is 0.161 e. The minimum atomic E-state index is -0.693. The van der Waals surface area contributed by atoms with Gasteiger partial charge < -0.3 is 4.74 Å². The number of nitrogens with zero attached hydrogens (tertiary/aromatic N) is 2. The summed E-state index contributed by atoms with van der Waals surface area (Å²) in [6, 6.07) is 1.59. The number of hydrogen-bond donors (Lipinski definition) is 2. The molecular weight excluding hydrogens is 278 g/mol. The van der Waals surface area contributed by atoms with Crippen LogP contribution in [0.15, 0.2) is 18.3 Å². The third-order valence-corrected chi connectivity index (χ3v) is 3.39. The van der Waals surface area contributed by atoms with E-state index in [2.05, 4.69) is 10.5 Å². The summed E-state index contributed by atoms with van der Waals surface area (Å²) in [6.45, 7) is 4.04. The second-order valence-electron chi connectivity index (χ2n) is 4.64. The highest BCUT2D eigenvalue weighted by Crippen LogP contribution is 2.31. The molecule has 0 radical (unpaired) electrons. The summed E-state index contributed by atoms with van der Waals surface area (Å²) in [4.78, 5) is 0. The number of benzene rings is 1. The van der Waals surface area contributed by atoms with Gasteiger partial charge in [-0.3, -0.25) is 10.5 Å². The van der Waals surface area contributed by atoms with Crippen molar-refractivity contribution in [2.45, 2.75) is 26.4 Å². The van der Waals surface area contributed by atoms with Crippen molar-refractivity contribution in [1.29, 1.82) is 0 Å². The molecule has 7 heteroatoms. The van der Waals surface area contributed by atoms with Crippen LogP contribution in [0.5, 0.6) is 5.75 Å². The lowest BCUT2D eigenvalue weighted by atomic mass is 10.0. The molecule has 0 saturated carbocycles. The standard InChI is InChI=1S/C14H18F2N4O/c1-4-20-14(12(21-3)7-18-20)13(19-17)9-5-8(2)10(15)6-11(9)16/h5-7,13,19H,4,17H2,1-3H3. The second-order valence-corrected chi connectivity index (χ2v) is 4.64. The summed E-state index contributed by atoms with van der Waals surface area (Å²) in [6.07, 6.45) is 1.54. The van der Waals surface area contributed by atoms with Crippen molar-refractivity contribution >= 4 is 0 Å². The molecule has 1 aromatic heterocycles. The number of nitrogens with two attached hydrogens (primary N) is 1. The van der Waals surface area contributed by atoms with Gasteiger partial charge in [0.15, 0.2) is 5.75 Å². The Kier molecular flexibility index (Phi) is 4.54. The number of aryl methyl sites for hydroxylation is 2. The molecule has 0 spiro atoms. The smallest absolute Gasteiger partial charge is 0.161 e. The topological polar surface area (TPSA) is 65.1 Å². The minimum absolute atomic E-state index is 0.241. The van der Waals surface area contributed by atoms with E-state index in [0.29, 0.717) is 23.6 Å². The average Bonchev–Trinajstić information content (AvgIpc) is 2.88.